The number of carbonyl (C=O) groups excluding carboxylic acids is 2. The second-order valence-corrected chi connectivity index (χ2v) is 13.9. The Kier molecular flexibility index (Phi) is 7.13. The zero-order chi connectivity index (χ0) is 21.9. The number of likely N-dealkylation sites (tertiary alicyclic amines) is 1. The molecule has 0 spiro atoms. The van der Waals surface area contributed by atoms with Crippen LogP contribution in [0.15, 0.2) is 30.3 Å². The second kappa shape index (κ2) is 8.85. The lowest BCUT2D eigenvalue weighted by atomic mass is 9.75. The van der Waals surface area contributed by atoms with Crippen molar-refractivity contribution in [1.82, 2.24) is 4.90 Å². The Morgan fingerprint density at radius 1 is 1.21 bits per heavy atom. The van der Waals surface area contributed by atoms with Crippen molar-refractivity contribution in [3.63, 3.8) is 0 Å². The van der Waals surface area contributed by atoms with Crippen LogP contribution in [0.4, 0.5) is 4.79 Å². The van der Waals surface area contributed by atoms with E-state index in [1.54, 1.807) is 0 Å². The van der Waals surface area contributed by atoms with Crippen molar-refractivity contribution in [2.24, 2.45) is 5.41 Å². The molecule has 162 valence electrons. The molecule has 1 amide bonds. The van der Waals surface area contributed by atoms with Crippen LogP contribution in [0.1, 0.15) is 26.3 Å². The van der Waals surface area contributed by atoms with Gasteiger partial charge in [-0.15, -0.1) is 0 Å². The number of hydrogen-bond donors (Lipinski definition) is 1. The monoisotopic (exact) mass is 423 g/mol. The quantitative estimate of drug-likeness (QED) is 0.536. The molecule has 1 aromatic carbocycles. The molecule has 1 atom stereocenters. The Morgan fingerprint density at radius 3 is 2.31 bits per heavy atom. The number of ether oxygens (including phenoxy) is 2. The van der Waals surface area contributed by atoms with E-state index >= 15 is 0 Å². The molecule has 0 radical (unpaired) electrons. The van der Waals surface area contributed by atoms with Crippen LogP contribution in [0.2, 0.25) is 18.1 Å². The minimum absolute atomic E-state index is 0.0158. The van der Waals surface area contributed by atoms with Gasteiger partial charge in [0.05, 0.1) is 19.8 Å². The van der Waals surface area contributed by atoms with E-state index in [4.69, 9.17) is 13.9 Å². The number of rotatable bonds is 7. The van der Waals surface area contributed by atoms with Crippen LogP contribution < -0.4 is 0 Å². The largest absolute Gasteiger partial charge is 0.468 e. The van der Waals surface area contributed by atoms with E-state index in [0.29, 0.717) is 0 Å². The highest BCUT2D eigenvalue weighted by atomic mass is 28.4. The van der Waals surface area contributed by atoms with Crippen molar-refractivity contribution in [2.45, 2.75) is 51.6 Å². The smallest absolute Gasteiger partial charge is 0.410 e. The standard InChI is InChI=1S/C21H33NO6Si/c1-20(2,3)29(5,6)28-13-17(23)21(18(24)26-4)14-22(15-21)19(25)27-12-16-10-8-7-9-11-16/h7-11,17,23H,12-15H2,1-6H3. The first kappa shape index (κ1) is 23.4. The minimum Gasteiger partial charge on any atom is -0.468 e. The van der Waals surface area contributed by atoms with Gasteiger partial charge < -0.3 is 23.9 Å². The van der Waals surface area contributed by atoms with Crippen molar-refractivity contribution >= 4 is 20.4 Å². The minimum atomic E-state index is -2.09. The number of carbonyl (C=O) groups is 2. The number of amides is 1. The molecule has 0 saturated carbocycles. The van der Waals surface area contributed by atoms with Crippen LogP contribution >= 0.6 is 0 Å². The van der Waals surface area contributed by atoms with Crippen molar-refractivity contribution in [2.75, 3.05) is 26.8 Å². The summed E-state index contributed by atoms with van der Waals surface area (Å²) in [6.45, 7) is 10.7. The third-order valence-corrected chi connectivity index (χ3v) is 10.5. The molecule has 1 aliphatic heterocycles. The lowest BCUT2D eigenvalue weighted by molar-refractivity contribution is -0.178. The summed E-state index contributed by atoms with van der Waals surface area (Å²) in [5.74, 6) is -0.545. The highest BCUT2D eigenvalue weighted by Gasteiger charge is 2.58. The van der Waals surface area contributed by atoms with Crippen molar-refractivity contribution in [3.8, 4) is 0 Å². The maximum absolute atomic E-state index is 12.4. The van der Waals surface area contributed by atoms with Crippen LogP contribution in [-0.4, -0.2) is 63.3 Å². The van der Waals surface area contributed by atoms with E-state index in [2.05, 4.69) is 33.9 Å². The summed E-state index contributed by atoms with van der Waals surface area (Å²) in [5.41, 5.74) is -0.313. The zero-order valence-corrected chi connectivity index (χ0v) is 19.2. The molecule has 8 heteroatoms. The summed E-state index contributed by atoms with van der Waals surface area (Å²) in [6, 6.07) is 9.36. The predicted octanol–water partition coefficient (Wildman–Crippen LogP) is 3.18. The van der Waals surface area contributed by atoms with Gasteiger partial charge in [-0.3, -0.25) is 4.79 Å². The van der Waals surface area contributed by atoms with E-state index in [-0.39, 0.29) is 31.3 Å². The van der Waals surface area contributed by atoms with Crippen LogP contribution in [0.3, 0.4) is 0 Å². The number of esters is 1. The first-order chi connectivity index (χ1) is 13.4. The van der Waals surface area contributed by atoms with Gasteiger partial charge in [-0.25, -0.2) is 4.79 Å². The highest BCUT2D eigenvalue weighted by molar-refractivity contribution is 6.74. The molecule has 1 aromatic rings. The van der Waals surface area contributed by atoms with Crippen LogP contribution in [0, 0.1) is 5.41 Å². The van der Waals surface area contributed by atoms with Gasteiger partial charge >= 0.3 is 12.1 Å². The fraction of sp³-hybridized carbons (Fsp3) is 0.619. The topological polar surface area (TPSA) is 85.3 Å². The molecule has 1 fully saturated rings. The fourth-order valence-corrected chi connectivity index (χ4v) is 3.92. The van der Waals surface area contributed by atoms with Gasteiger partial charge in [0.25, 0.3) is 0 Å². The first-order valence-electron chi connectivity index (χ1n) is 9.79. The molecule has 1 heterocycles. The number of hydrogen-bond acceptors (Lipinski definition) is 6. The zero-order valence-electron chi connectivity index (χ0n) is 18.2. The average molecular weight is 424 g/mol. The highest BCUT2D eigenvalue weighted by Crippen LogP contribution is 2.39. The third-order valence-electron chi connectivity index (χ3n) is 6.05. The lowest BCUT2D eigenvalue weighted by Crippen LogP contribution is -2.68. The molecule has 0 bridgehead atoms. The summed E-state index contributed by atoms with van der Waals surface area (Å²) in [4.78, 5) is 26.1. The van der Waals surface area contributed by atoms with Gasteiger partial charge in [-0.2, -0.15) is 0 Å². The number of aliphatic hydroxyl groups excluding tert-OH is 1. The molecule has 0 aromatic heterocycles. The van der Waals surface area contributed by atoms with Gasteiger partial charge in [-0.05, 0) is 23.7 Å². The molecule has 2 rings (SSSR count). The van der Waals surface area contributed by atoms with Crippen molar-refractivity contribution in [1.29, 1.82) is 0 Å². The average Bonchev–Trinajstić information content (AvgIpc) is 2.63. The number of aliphatic hydroxyl groups is 1. The molecular weight excluding hydrogens is 390 g/mol. The molecule has 1 saturated heterocycles. The Balaban J connectivity index is 1.96. The second-order valence-electron chi connectivity index (χ2n) is 9.13. The van der Waals surface area contributed by atoms with Crippen LogP contribution in [0.5, 0.6) is 0 Å². The number of nitrogens with zero attached hydrogens (tertiary/aromatic N) is 1. The van der Waals surface area contributed by atoms with Crippen molar-refractivity contribution in [3.05, 3.63) is 35.9 Å². The molecule has 29 heavy (non-hydrogen) atoms. The Hall–Kier alpha value is -1.90. The Morgan fingerprint density at radius 2 is 1.79 bits per heavy atom. The Bertz CT molecular complexity index is 710. The van der Waals surface area contributed by atoms with E-state index in [1.165, 1.54) is 12.0 Å². The predicted molar refractivity (Wildman–Crippen MR) is 112 cm³/mol. The summed E-state index contributed by atoms with van der Waals surface area (Å²) in [6.07, 6.45) is -1.59. The normalized spacial score (nSPS) is 17.3. The van der Waals surface area contributed by atoms with Gasteiger partial charge in [0.15, 0.2) is 8.32 Å². The molecular formula is C21H33NO6Si. The Labute approximate surface area is 174 Å². The molecule has 1 aliphatic rings. The molecule has 1 unspecified atom stereocenters. The maximum atomic E-state index is 12.4. The number of methoxy groups -OCH3 is 1. The first-order valence-corrected chi connectivity index (χ1v) is 12.7. The van der Waals surface area contributed by atoms with Gasteiger partial charge in [-0.1, -0.05) is 51.1 Å². The molecule has 1 N–H and O–H groups in total. The van der Waals surface area contributed by atoms with E-state index in [0.717, 1.165) is 5.56 Å². The molecule has 7 nitrogen and oxygen atoms in total. The number of benzene rings is 1. The van der Waals surface area contributed by atoms with E-state index in [1.807, 2.05) is 30.3 Å². The van der Waals surface area contributed by atoms with Gasteiger partial charge in [0.2, 0.25) is 0 Å². The lowest BCUT2D eigenvalue weighted by Gasteiger charge is -2.49. The van der Waals surface area contributed by atoms with E-state index in [9.17, 15) is 14.7 Å². The summed E-state index contributed by atoms with van der Waals surface area (Å²) in [5, 5.41) is 10.8. The third kappa shape index (κ3) is 5.18. The summed E-state index contributed by atoms with van der Waals surface area (Å²) < 4.78 is 16.3. The van der Waals surface area contributed by atoms with Crippen molar-refractivity contribution < 1.29 is 28.6 Å². The maximum Gasteiger partial charge on any atom is 0.410 e. The summed E-state index contributed by atoms with van der Waals surface area (Å²) >= 11 is 0. The summed E-state index contributed by atoms with van der Waals surface area (Å²) in [7, 11) is -0.807. The van der Waals surface area contributed by atoms with Gasteiger partial charge in [0.1, 0.15) is 12.0 Å². The van der Waals surface area contributed by atoms with Crippen LogP contribution in [-0.2, 0) is 25.3 Å². The molecule has 0 aliphatic carbocycles. The fourth-order valence-electron chi connectivity index (χ4n) is 2.92. The SMILES string of the molecule is COC(=O)C1(C(O)CO[Si](C)(C)C(C)(C)C)CN(C(=O)OCc2ccccc2)C1. The van der Waals surface area contributed by atoms with E-state index < -0.39 is 31.9 Å². The van der Waals surface area contributed by atoms with Crippen LogP contribution in [0.25, 0.3) is 0 Å². The van der Waals surface area contributed by atoms with Gasteiger partial charge in [0, 0.05) is 13.1 Å².